The first-order chi connectivity index (χ1) is 9.17. The third kappa shape index (κ3) is 2.91. The minimum atomic E-state index is 0.180. The van der Waals surface area contributed by atoms with Gasteiger partial charge in [-0.3, -0.25) is 4.79 Å². The van der Waals surface area contributed by atoms with E-state index in [1.165, 1.54) is 0 Å². The van der Waals surface area contributed by atoms with Gasteiger partial charge in [0.1, 0.15) is 0 Å². The van der Waals surface area contributed by atoms with Crippen LogP contribution in [0.1, 0.15) is 50.4 Å². The third-order valence-electron chi connectivity index (χ3n) is 4.00. The molecule has 1 amide bonds. The number of carbonyl (C=O) groups is 1. The van der Waals surface area contributed by atoms with Gasteiger partial charge in [0, 0.05) is 29.9 Å². The molecule has 0 spiro atoms. The summed E-state index contributed by atoms with van der Waals surface area (Å²) in [6.45, 7) is 7.28. The van der Waals surface area contributed by atoms with Crippen LogP contribution in [0.2, 0.25) is 0 Å². The van der Waals surface area contributed by atoms with Crippen molar-refractivity contribution in [1.82, 2.24) is 4.90 Å². The first kappa shape index (κ1) is 13.9. The van der Waals surface area contributed by atoms with Crippen LogP contribution in [-0.4, -0.2) is 29.4 Å². The maximum atomic E-state index is 12.6. The molecule has 2 rings (SSSR count). The standard InChI is InChI=1S/C16H24N2O/c1-4-15-11-6-12(3)18(15)16(19)13-7-9-14(10-8-13)17-5-2/h7-10,12,15,17H,4-6,11H2,1-3H3. The van der Waals surface area contributed by atoms with Crippen LogP contribution in [0.4, 0.5) is 5.69 Å². The van der Waals surface area contributed by atoms with Gasteiger partial charge in [-0.2, -0.15) is 0 Å². The lowest BCUT2D eigenvalue weighted by atomic mass is 10.1. The van der Waals surface area contributed by atoms with Crippen molar-refractivity contribution in [3.05, 3.63) is 29.8 Å². The first-order valence-electron chi connectivity index (χ1n) is 7.34. The van der Waals surface area contributed by atoms with Crippen molar-refractivity contribution in [2.24, 2.45) is 0 Å². The Morgan fingerprint density at radius 2 is 1.95 bits per heavy atom. The van der Waals surface area contributed by atoms with Gasteiger partial charge in [-0.15, -0.1) is 0 Å². The summed E-state index contributed by atoms with van der Waals surface area (Å²) < 4.78 is 0. The molecule has 1 aliphatic rings. The van der Waals surface area contributed by atoms with E-state index >= 15 is 0 Å². The number of likely N-dealkylation sites (tertiary alicyclic amines) is 1. The topological polar surface area (TPSA) is 32.3 Å². The Bertz CT molecular complexity index is 427. The van der Waals surface area contributed by atoms with E-state index in [-0.39, 0.29) is 5.91 Å². The molecule has 2 atom stereocenters. The highest BCUT2D eigenvalue weighted by Gasteiger charge is 2.33. The summed E-state index contributed by atoms with van der Waals surface area (Å²) >= 11 is 0. The normalized spacial score (nSPS) is 22.6. The largest absolute Gasteiger partial charge is 0.385 e. The number of amides is 1. The Hall–Kier alpha value is -1.51. The van der Waals surface area contributed by atoms with Gasteiger partial charge in [0.05, 0.1) is 0 Å². The summed E-state index contributed by atoms with van der Waals surface area (Å²) in [5, 5.41) is 3.25. The number of rotatable bonds is 4. The van der Waals surface area contributed by atoms with E-state index < -0.39 is 0 Å². The zero-order valence-corrected chi connectivity index (χ0v) is 12.1. The van der Waals surface area contributed by atoms with Crippen LogP contribution in [0.3, 0.4) is 0 Å². The molecule has 1 aromatic rings. The summed E-state index contributed by atoms with van der Waals surface area (Å²) in [5.74, 6) is 0.180. The van der Waals surface area contributed by atoms with Crippen LogP contribution < -0.4 is 5.32 Å². The van der Waals surface area contributed by atoms with Crippen LogP contribution in [0.25, 0.3) is 0 Å². The monoisotopic (exact) mass is 260 g/mol. The minimum absolute atomic E-state index is 0.180. The Morgan fingerprint density at radius 3 is 2.53 bits per heavy atom. The quantitative estimate of drug-likeness (QED) is 0.898. The third-order valence-corrected chi connectivity index (χ3v) is 4.00. The van der Waals surface area contributed by atoms with Gasteiger partial charge in [-0.1, -0.05) is 6.92 Å². The van der Waals surface area contributed by atoms with Crippen molar-refractivity contribution < 1.29 is 4.79 Å². The van der Waals surface area contributed by atoms with E-state index in [1.807, 2.05) is 24.3 Å². The van der Waals surface area contributed by atoms with E-state index in [0.717, 1.165) is 37.1 Å². The van der Waals surface area contributed by atoms with Crippen molar-refractivity contribution >= 4 is 11.6 Å². The van der Waals surface area contributed by atoms with Crippen molar-refractivity contribution in [1.29, 1.82) is 0 Å². The molecule has 3 nitrogen and oxygen atoms in total. The second-order valence-corrected chi connectivity index (χ2v) is 5.31. The van der Waals surface area contributed by atoms with E-state index in [9.17, 15) is 4.79 Å². The number of hydrogen-bond acceptors (Lipinski definition) is 2. The highest BCUT2D eigenvalue weighted by atomic mass is 16.2. The fourth-order valence-corrected chi connectivity index (χ4v) is 2.92. The number of nitrogens with one attached hydrogen (secondary N) is 1. The lowest BCUT2D eigenvalue weighted by Crippen LogP contribution is -2.39. The lowest BCUT2D eigenvalue weighted by molar-refractivity contribution is 0.0676. The molecule has 0 saturated carbocycles. The van der Waals surface area contributed by atoms with Crippen LogP contribution in [0.15, 0.2) is 24.3 Å². The van der Waals surface area contributed by atoms with Gasteiger partial charge in [0.25, 0.3) is 5.91 Å². The molecule has 104 valence electrons. The van der Waals surface area contributed by atoms with Crippen molar-refractivity contribution in [3.8, 4) is 0 Å². The number of hydrogen-bond donors (Lipinski definition) is 1. The van der Waals surface area contributed by atoms with Crippen LogP contribution in [0, 0.1) is 0 Å². The molecule has 19 heavy (non-hydrogen) atoms. The molecular formula is C16H24N2O. The van der Waals surface area contributed by atoms with Crippen molar-refractivity contribution in [2.45, 2.75) is 52.1 Å². The Kier molecular flexibility index (Phi) is 4.46. The van der Waals surface area contributed by atoms with Crippen LogP contribution in [-0.2, 0) is 0 Å². The highest BCUT2D eigenvalue weighted by Crippen LogP contribution is 2.28. The van der Waals surface area contributed by atoms with E-state index in [1.54, 1.807) is 0 Å². The van der Waals surface area contributed by atoms with E-state index in [2.05, 4.69) is 31.0 Å². The van der Waals surface area contributed by atoms with Crippen molar-refractivity contribution in [2.75, 3.05) is 11.9 Å². The Morgan fingerprint density at radius 1 is 1.26 bits per heavy atom. The van der Waals surface area contributed by atoms with Crippen molar-refractivity contribution in [3.63, 3.8) is 0 Å². The summed E-state index contributed by atoms with van der Waals surface area (Å²) in [7, 11) is 0. The summed E-state index contributed by atoms with van der Waals surface area (Å²) in [6.07, 6.45) is 3.31. The minimum Gasteiger partial charge on any atom is -0.385 e. The average molecular weight is 260 g/mol. The lowest BCUT2D eigenvalue weighted by Gasteiger charge is -2.28. The molecule has 0 radical (unpaired) electrons. The summed E-state index contributed by atoms with van der Waals surface area (Å²) in [4.78, 5) is 14.7. The number of benzene rings is 1. The average Bonchev–Trinajstić information content (AvgIpc) is 2.80. The van der Waals surface area contributed by atoms with Gasteiger partial charge in [-0.25, -0.2) is 0 Å². The predicted molar refractivity (Wildman–Crippen MR) is 79.6 cm³/mol. The molecule has 0 aliphatic carbocycles. The molecular weight excluding hydrogens is 236 g/mol. The van der Waals surface area contributed by atoms with Crippen LogP contribution >= 0.6 is 0 Å². The molecule has 1 heterocycles. The van der Waals surface area contributed by atoms with Gasteiger partial charge in [-0.05, 0) is 57.4 Å². The second kappa shape index (κ2) is 6.09. The number of anilines is 1. The van der Waals surface area contributed by atoms with Gasteiger partial charge in [0.2, 0.25) is 0 Å². The SMILES string of the molecule is CCNc1ccc(C(=O)N2C(C)CCC2CC)cc1. The number of carbonyl (C=O) groups excluding carboxylic acids is 1. The first-order valence-corrected chi connectivity index (χ1v) is 7.34. The maximum Gasteiger partial charge on any atom is 0.254 e. The molecule has 1 saturated heterocycles. The summed E-state index contributed by atoms with van der Waals surface area (Å²) in [5.41, 5.74) is 1.87. The van der Waals surface area contributed by atoms with Gasteiger partial charge < -0.3 is 10.2 Å². The fraction of sp³-hybridized carbons (Fsp3) is 0.562. The molecule has 2 unspecified atom stereocenters. The molecule has 1 fully saturated rings. The molecule has 0 bridgehead atoms. The Labute approximate surface area is 116 Å². The summed E-state index contributed by atoms with van der Waals surface area (Å²) in [6, 6.07) is 8.61. The Balaban J connectivity index is 2.14. The zero-order chi connectivity index (χ0) is 13.8. The molecule has 0 aromatic heterocycles. The molecule has 3 heteroatoms. The van der Waals surface area contributed by atoms with Crippen LogP contribution in [0.5, 0.6) is 0 Å². The van der Waals surface area contributed by atoms with E-state index in [0.29, 0.717) is 12.1 Å². The van der Waals surface area contributed by atoms with Gasteiger partial charge in [0.15, 0.2) is 0 Å². The highest BCUT2D eigenvalue weighted by molar-refractivity contribution is 5.95. The molecule has 1 N–H and O–H groups in total. The maximum absolute atomic E-state index is 12.6. The molecule has 1 aromatic carbocycles. The molecule has 1 aliphatic heterocycles. The zero-order valence-electron chi connectivity index (χ0n) is 12.1. The van der Waals surface area contributed by atoms with Gasteiger partial charge >= 0.3 is 0 Å². The smallest absolute Gasteiger partial charge is 0.254 e. The van der Waals surface area contributed by atoms with E-state index in [4.69, 9.17) is 0 Å². The number of nitrogens with zero attached hydrogens (tertiary/aromatic N) is 1. The fourth-order valence-electron chi connectivity index (χ4n) is 2.92. The predicted octanol–water partition coefficient (Wildman–Crippen LogP) is 3.52. The second-order valence-electron chi connectivity index (χ2n) is 5.31.